The summed E-state index contributed by atoms with van der Waals surface area (Å²) in [6.45, 7) is 1.81. The average Bonchev–Trinajstić information content (AvgIpc) is 2.90. The highest BCUT2D eigenvalue weighted by Crippen LogP contribution is 2.26. The Morgan fingerprint density at radius 3 is 2.70 bits per heavy atom. The number of hydrogen-bond donors (Lipinski definition) is 1. The summed E-state index contributed by atoms with van der Waals surface area (Å²) in [6, 6.07) is 10.1. The second kappa shape index (κ2) is 7.41. The molecule has 0 radical (unpaired) electrons. The number of methoxy groups -OCH3 is 1. The molecule has 4 heteroatoms. The first-order chi connectivity index (χ1) is 9.72. The number of amides is 1. The van der Waals surface area contributed by atoms with Gasteiger partial charge in [0.2, 0.25) is 5.91 Å². The monoisotopic (exact) mass is 276 g/mol. The molecule has 1 aromatic rings. The van der Waals surface area contributed by atoms with Crippen LogP contribution in [0.15, 0.2) is 30.3 Å². The van der Waals surface area contributed by atoms with Gasteiger partial charge < -0.3 is 15.4 Å². The fraction of sp³-hybridized carbons (Fsp3) is 0.562. The van der Waals surface area contributed by atoms with Crippen LogP contribution in [0.5, 0.6) is 0 Å². The summed E-state index contributed by atoms with van der Waals surface area (Å²) < 4.78 is 5.12. The Kier molecular flexibility index (Phi) is 5.56. The van der Waals surface area contributed by atoms with Gasteiger partial charge in [0.05, 0.1) is 12.5 Å². The number of hydrogen-bond acceptors (Lipinski definition) is 3. The molecule has 0 saturated heterocycles. The van der Waals surface area contributed by atoms with Crippen molar-refractivity contribution in [3.05, 3.63) is 35.9 Å². The lowest BCUT2D eigenvalue weighted by atomic mass is 10.0. The fourth-order valence-electron chi connectivity index (χ4n) is 2.80. The molecule has 1 fully saturated rings. The van der Waals surface area contributed by atoms with Gasteiger partial charge in [-0.2, -0.15) is 0 Å². The highest BCUT2D eigenvalue weighted by atomic mass is 16.5. The van der Waals surface area contributed by atoms with Crippen LogP contribution in [0.3, 0.4) is 0 Å². The third-order valence-corrected chi connectivity index (χ3v) is 3.98. The van der Waals surface area contributed by atoms with E-state index in [-0.39, 0.29) is 17.9 Å². The highest BCUT2D eigenvalue weighted by Gasteiger charge is 2.33. The van der Waals surface area contributed by atoms with Crippen LogP contribution in [0, 0.1) is 5.92 Å². The minimum atomic E-state index is -0.0180. The fourth-order valence-corrected chi connectivity index (χ4v) is 2.80. The molecular weight excluding hydrogens is 252 g/mol. The number of nitrogens with two attached hydrogens (primary N) is 1. The zero-order chi connectivity index (χ0) is 14.4. The summed E-state index contributed by atoms with van der Waals surface area (Å²) in [5.74, 6) is 0.159. The van der Waals surface area contributed by atoms with Gasteiger partial charge >= 0.3 is 0 Å². The van der Waals surface area contributed by atoms with Gasteiger partial charge in [-0.05, 0) is 18.4 Å². The molecule has 1 aliphatic rings. The molecule has 4 nitrogen and oxygen atoms in total. The highest BCUT2D eigenvalue weighted by molar-refractivity contribution is 5.80. The van der Waals surface area contributed by atoms with E-state index in [1.807, 2.05) is 35.2 Å². The van der Waals surface area contributed by atoms with E-state index in [9.17, 15) is 4.79 Å². The van der Waals surface area contributed by atoms with Crippen molar-refractivity contribution < 1.29 is 9.53 Å². The Labute approximate surface area is 120 Å². The maximum Gasteiger partial charge on any atom is 0.227 e. The average molecular weight is 276 g/mol. The van der Waals surface area contributed by atoms with Crippen molar-refractivity contribution in [2.24, 2.45) is 11.7 Å². The van der Waals surface area contributed by atoms with Gasteiger partial charge in [-0.25, -0.2) is 0 Å². The standard InChI is InChI=1S/C16H24N2O2/c1-20-11-10-18(12-13-6-3-2-4-7-13)16(19)14-8-5-9-15(14)17/h2-4,6-7,14-15H,5,8-12,17H2,1H3. The summed E-state index contributed by atoms with van der Waals surface area (Å²) in [5.41, 5.74) is 7.20. The summed E-state index contributed by atoms with van der Waals surface area (Å²) in [5, 5.41) is 0. The Morgan fingerprint density at radius 1 is 1.35 bits per heavy atom. The van der Waals surface area contributed by atoms with Gasteiger partial charge in [0.25, 0.3) is 0 Å². The SMILES string of the molecule is COCCN(Cc1ccccc1)C(=O)C1CCCC1N. The van der Waals surface area contributed by atoms with Crippen molar-refractivity contribution in [3.63, 3.8) is 0 Å². The molecule has 0 aromatic heterocycles. The van der Waals surface area contributed by atoms with Crippen LogP contribution in [0.1, 0.15) is 24.8 Å². The number of carbonyl (C=O) groups excluding carboxylic acids is 1. The van der Waals surface area contributed by atoms with Crippen molar-refractivity contribution in [2.45, 2.75) is 31.8 Å². The van der Waals surface area contributed by atoms with Gasteiger partial charge in [0.15, 0.2) is 0 Å². The zero-order valence-corrected chi connectivity index (χ0v) is 12.1. The maximum absolute atomic E-state index is 12.7. The van der Waals surface area contributed by atoms with Crippen LogP contribution in [-0.2, 0) is 16.1 Å². The second-order valence-corrected chi connectivity index (χ2v) is 5.44. The molecule has 0 bridgehead atoms. The van der Waals surface area contributed by atoms with E-state index in [1.54, 1.807) is 7.11 Å². The first-order valence-corrected chi connectivity index (χ1v) is 7.29. The number of nitrogens with zero attached hydrogens (tertiary/aromatic N) is 1. The summed E-state index contributed by atoms with van der Waals surface area (Å²) in [7, 11) is 1.66. The number of carbonyl (C=O) groups is 1. The third kappa shape index (κ3) is 3.81. The second-order valence-electron chi connectivity index (χ2n) is 5.44. The van der Waals surface area contributed by atoms with Crippen molar-refractivity contribution in [1.29, 1.82) is 0 Å². The van der Waals surface area contributed by atoms with Crippen LogP contribution in [0.25, 0.3) is 0 Å². The van der Waals surface area contributed by atoms with E-state index in [4.69, 9.17) is 10.5 Å². The first-order valence-electron chi connectivity index (χ1n) is 7.29. The van der Waals surface area contributed by atoms with Crippen LogP contribution < -0.4 is 5.73 Å². The lowest BCUT2D eigenvalue weighted by Gasteiger charge is -2.27. The Bertz CT molecular complexity index is 422. The topological polar surface area (TPSA) is 55.6 Å². The summed E-state index contributed by atoms with van der Waals surface area (Å²) >= 11 is 0. The van der Waals surface area contributed by atoms with E-state index in [1.165, 1.54) is 0 Å². The molecule has 110 valence electrons. The predicted molar refractivity (Wildman–Crippen MR) is 79.1 cm³/mol. The first kappa shape index (κ1) is 15.0. The van der Waals surface area contributed by atoms with Gasteiger partial charge in [-0.3, -0.25) is 4.79 Å². The number of benzene rings is 1. The van der Waals surface area contributed by atoms with Crippen LogP contribution >= 0.6 is 0 Å². The Hall–Kier alpha value is -1.39. The molecule has 0 aliphatic heterocycles. The van der Waals surface area contributed by atoms with Crippen molar-refractivity contribution in [1.82, 2.24) is 4.90 Å². The Morgan fingerprint density at radius 2 is 2.10 bits per heavy atom. The number of ether oxygens (including phenoxy) is 1. The normalized spacial score (nSPS) is 21.9. The van der Waals surface area contributed by atoms with Gasteiger partial charge in [0.1, 0.15) is 0 Å². The molecule has 1 saturated carbocycles. The van der Waals surface area contributed by atoms with Crippen molar-refractivity contribution >= 4 is 5.91 Å². The van der Waals surface area contributed by atoms with E-state index >= 15 is 0 Å². The maximum atomic E-state index is 12.7. The van der Waals surface area contributed by atoms with Crippen molar-refractivity contribution in [2.75, 3.05) is 20.3 Å². The lowest BCUT2D eigenvalue weighted by Crippen LogP contribution is -2.42. The molecule has 2 rings (SSSR count). The molecule has 0 heterocycles. The van der Waals surface area contributed by atoms with E-state index in [2.05, 4.69) is 0 Å². The minimum absolute atomic E-state index is 0.0170. The van der Waals surface area contributed by atoms with E-state index < -0.39 is 0 Å². The number of rotatable bonds is 6. The van der Waals surface area contributed by atoms with Crippen LogP contribution in [-0.4, -0.2) is 37.1 Å². The lowest BCUT2D eigenvalue weighted by molar-refractivity contribution is -0.137. The summed E-state index contributed by atoms with van der Waals surface area (Å²) in [4.78, 5) is 14.5. The van der Waals surface area contributed by atoms with E-state index in [0.29, 0.717) is 19.7 Å². The molecule has 2 unspecified atom stereocenters. The van der Waals surface area contributed by atoms with Gasteiger partial charge in [-0.1, -0.05) is 36.8 Å². The molecule has 1 aromatic carbocycles. The van der Waals surface area contributed by atoms with Crippen LogP contribution in [0.4, 0.5) is 0 Å². The largest absolute Gasteiger partial charge is 0.383 e. The van der Waals surface area contributed by atoms with Crippen molar-refractivity contribution in [3.8, 4) is 0 Å². The van der Waals surface area contributed by atoms with E-state index in [0.717, 1.165) is 24.8 Å². The molecule has 1 amide bonds. The predicted octanol–water partition coefficient (Wildman–Crippen LogP) is 1.79. The molecule has 20 heavy (non-hydrogen) atoms. The summed E-state index contributed by atoms with van der Waals surface area (Å²) in [6.07, 6.45) is 2.93. The Balaban J connectivity index is 2.04. The molecule has 2 atom stereocenters. The smallest absolute Gasteiger partial charge is 0.227 e. The van der Waals surface area contributed by atoms with Gasteiger partial charge in [0, 0.05) is 26.2 Å². The molecular formula is C16H24N2O2. The van der Waals surface area contributed by atoms with Crippen LogP contribution in [0.2, 0.25) is 0 Å². The molecule has 2 N–H and O–H groups in total. The molecule has 0 spiro atoms. The minimum Gasteiger partial charge on any atom is -0.383 e. The quantitative estimate of drug-likeness (QED) is 0.862. The zero-order valence-electron chi connectivity index (χ0n) is 12.1. The van der Waals surface area contributed by atoms with Gasteiger partial charge in [-0.15, -0.1) is 0 Å². The molecule has 1 aliphatic carbocycles. The third-order valence-electron chi connectivity index (χ3n) is 3.98.